The fourth-order valence-corrected chi connectivity index (χ4v) is 2.06. The Morgan fingerprint density at radius 1 is 1.47 bits per heavy atom. The zero-order valence-corrected chi connectivity index (χ0v) is 10.5. The van der Waals surface area contributed by atoms with E-state index in [1.807, 2.05) is 0 Å². The molecule has 98 valence electrons. The van der Waals surface area contributed by atoms with Crippen LogP contribution in [0.5, 0.6) is 0 Å². The molecule has 1 aliphatic rings. The van der Waals surface area contributed by atoms with Crippen LogP contribution in [0.2, 0.25) is 0 Å². The lowest BCUT2D eigenvalue weighted by Crippen LogP contribution is -2.10. The van der Waals surface area contributed by atoms with E-state index in [9.17, 15) is 18.0 Å². The quantitative estimate of drug-likeness (QED) is 0.734. The van der Waals surface area contributed by atoms with Crippen LogP contribution < -0.4 is 0 Å². The molecule has 0 aliphatic heterocycles. The maximum atomic E-state index is 12.2. The average Bonchev–Trinajstić information content (AvgIpc) is 2.67. The third kappa shape index (κ3) is 2.94. The van der Waals surface area contributed by atoms with Gasteiger partial charge in [-0.15, -0.1) is 0 Å². The van der Waals surface area contributed by atoms with Crippen molar-refractivity contribution in [2.24, 2.45) is 17.3 Å². The van der Waals surface area contributed by atoms with Crippen LogP contribution in [0.1, 0.15) is 20.8 Å². The molecule has 1 aliphatic carbocycles. The number of hydrogen-bond donors (Lipinski definition) is 0. The Labute approximate surface area is 103 Å². The standard InChI is InChI=1S/C11H14ClF3O2/c1-4-17-9(16)8-6(10(8,2)3)5-7(12)11(13,14)15/h5-6,8H,4H2,1-3H3/t6-,8+/m1/s1. The monoisotopic (exact) mass is 270 g/mol. The molecule has 2 nitrogen and oxygen atoms in total. The van der Waals surface area contributed by atoms with Gasteiger partial charge in [0.05, 0.1) is 12.5 Å². The first-order valence-corrected chi connectivity index (χ1v) is 5.61. The Kier molecular flexibility index (Phi) is 3.81. The van der Waals surface area contributed by atoms with Crippen LogP contribution in [0.4, 0.5) is 13.2 Å². The summed E-state index contributed by atoms with van der Waals surface area (Å²) in [6, 6.07) is 0. The topological polar surface area (TPSA) is 26.3 Å². The van der Waals surface area contributed by atoms with E-state index in [1.54, 1.807) is 20.8 Å². The van der Waals surface area contributed by atoms with Crippen LogP contribution in [-0.4, -0.2) is 18.8 Å². The van der Waals surface area contributed by atoms with Gasteiger partial charge >= 0.3 is 12.1 Å². The Morgan fingerprint density at radius 2 is 2.00 bits per heavy atom. The van der Waals surface area contributed by atoms with Crippen molar-refractivity contribution in [2.75, 3.05) is 6.61 Å². The lowest BCUT2D eigenvalue weighted by molar-refractivity contribution is -0.145. The summed E-state index contributed by atoms with van der Waals surface area (Å²) in [5.74, 6) is -1.53. The second kappa shape index (κ2) is 4.52. The van der Waals surface area contributed by atoms with E-state index in [2.05, 4.69) is 0 Å². The maximum absolute atomic E-state index is 12.2. The van der Waals surface area contributed by atoms with Crippen molar-refractivity contribution in [3.8, 4) is 0 Å². The maximum Gasteiger partial charge on any atom is 0.426 e. The van der Waals surface area contributed by atoms with Crippen molar-refractivity contribution in [3.05, 3.63) is 11.1 Å². The molecule has 1 fully saturated rings. The Hall–Kier alpha value is -0.710. The van der Waals surface area contributed by atoms with Crippen LogP contribution in [0.25, 0.3) is 0 Å². The molecular formula is C11H14ClF3O2. The minimum atomic E-state index is -4.56. The predicted molar refractivity (Wildman–Crippen MR) is 57.4 cm³/mol. The molecule has 0 saturated heterocycles. The van der Waals surface area contributed by atoms with E-state index in [0.717, 1.165) is 6.08 Å². The van der Waals surface area contributed by atoms with Gasteiger partial charge in [-0.25, -0.2) is 0 Å². The van der Waals surface area contributed by atoms with Crippen molar-refractivity contribution < 1.29 is 22.7 Å². The molecular weight excluding hydrogens is 257 g/mol. The molecule has 0 radical (unpaired) electrons. The lowest BCUT2D eigenvalue weighted by atomic mass is 10.1. The molecule has 0 bridgehead atoms. The Balaban J connectivity index is 2.79. The number of halogens is 4. The highest BCUT2D eigenvalue weighted by molar-refractivity contribution is 6.30. The van der Waals surface area contributed by atoms with Gasteiger partial charge in [-0.2, -0.15) is 13.2 Å². The molecule has 0 aromatic heterocycles. The number of rotatable bonds is 3. The molecule has 0 heterocycles. The highest BCUT2D eigenvalue weighted by Gasteiger charge is 2.62. The molecule has 6 heteroatoms. The number of ether oxygens (including phenoxy) is 1. The molecule has 2 atom stereocenters. The first kappa shape index (κ1) is 14.4. The number of hydrogen-bond acceptors (Lipinski definition) is 2. The number of carbonyl (C=O) groups excluding carboxylic acids is 1. The predicted octanol–water partition coefficient (Wildman–Crippen LogP) is 3.51. The van der Waals surface area contributed by atoms with Gasteiger partial charge in [-0.05, 0) is 18.3 Å². The van der Waals surface area contributed by atoms with Crippen molar-refractivity contribution in [2.45, 2.75) is 26.9 Å². The smallest absolute Gasteiger partial charge is 0.426 e. The summed E-state index contributed by atoms with van der Waals surface area (Å²) in [5.41, 5.74) is -0.530. The minimum Gasteiger partial charge on any atom is -0.466 e. The summed E-state index contributed by atoms with van der Waals surface area (Å²) in [4.78, 5) is 11.5. The zero-order chi connectivity index (χ0) is 13.4. The second-order valence-corrected chi connectivity index (χ2v) is 5.00. The van der Waals surface area contributed by atoms with E-state index in [1.165, 1.54) is 0 Å². The fourth-order valence-electron chi connectivity index (χ4n) is 1.92. The summed E-state index contributed by atoms with van der Waals surface area (Å²) in [7, 11) is 0. The molecule has 0 N–H and O–H groups in total. The van der Waals surface area contributed by atoms with Gasteiger partial charge in [-0.1, -0.05) is 31.5 Å². The van der Waals surface area contributed by atoms with Crippen LogP contribution in [0, 0.1) is 17.3 Å². The van der Waals surface area contributed by atoms with Crippen LogP contribution in [0.3, 0.4) is 0 Å². The number of carbonyl (C=O) groups is 1. The Bertz CT molecular complexity index is 347. The van der Waals surface area contributed by atoms with Crippen LogP contribution >= 0.6 is 11.6 Å². The van der Waals surface area contributed by atoms with Gasteiger partial charge in [0.15, 0.2) is 0 Å². The number of allylic oxidation sites excluding steroid dienone is 2. The third-order valence-corrected chi connectivity index (χ3v) is 3.39. The highest BCUT2D eigenvalue weighted by Crippen LogP contribution is 2.60. The summed E-state index contributed by atoms with van der Waals surface area (Å²) in [5, 5.41) is -1.18. The third-order valence-electron chi connectivity index (χ3n) is 3.05. The van der Waals surface area contributed by atoms with Gasteiger partial charge in [0.25, 0.3) is 0 Å². The van der Waals surface area contributed by atoms with Crippen molar-refractivity contribution in [1.29, 1.82) is 0 Å². The van der Waals surface area contributed by atoms with Gasteiger partial charge in [0.1, 0.15) is 5.03 Å². The van der Waals surface area contributed by atoms with Crippen LogP contribution in [-0.2, 0) is 9.53 Å². The molecule has 0 aromatic carbocycles. The van der Waals surface area contributed by atoms with Crippen molar-refractivity contribution >= 4 is 17.6 Å². The van der Waals surface area contributed by atoms with Crippen molar-refractivity contribution in [3.63, 3.8) is 0 Å². The minimum absolute atomic E-state index is 0.217. The van der Waals surface area contributed by atoms with E-state index >= 15 is 0 Å². The first-order valence-electron chi connectivity index (χ1n) is 5.23. The van der Waals surface area contributed by atoms with E-state index < -0.39 is 34.4 Å². The summed E-state index contributed by atoms with van der Waals surface area (Å²) in [6.45, 7) is 5.31. The first-order chi connectivity index (χ1) is 7.62. The molecule has 1 saturated carbocycles. The Morgan fingerprint density at radius 3 is 2.41 bits per heavy atom. The molecule has 0 spiro atoms. The second-order valence-electron chi connectivity index (χ2n) is 4.59. The SMILES string of the molecule is CCOC(=O)[C@@H]1[C@@H](C=C(Cl)C(F)(F)F)C1(C)C. The zero-order valence-electron chi connectivity index (χ0n) is 9.77. The summed E-state index contributed by atoms with van der Waals surface area (Å²) in [6.07, 6.45) is -3.65. The molecule has 0 aromatic rings. The van der Waals surface area contributed by atoms with E-state index in [0.29, 0.717) is 0 Å². The van der Waals surface area contributed by atoms with Crippen molar-refractivity contribution in [1.82, 2.24) is 0 Å². The van der Waals surface area contributed by atoms with Gasteiger partial charge in [0.2, 0.25) is 0 Å². The summed E-state index contributed by atoms with van der Waals surface area (Å²) >= 11 is 5.15. The highest BCUT2D eigenvalue weighted by atomic mass is 35.5. The van der Waals surface area contributed by atoms with E-state index in [-0.39, 0.29) is 6.61 Å². The average molecular weight is 271 g/mol. The van der Waals surface area contributed by atoms with Gasteiger partial charge < -0.3 is 4.74 Å². The molecule has 0 unspecified atom stereocenters. The summed E-state index contributed by atoms with van der Waals surface area (Å²) < 4.78 is 41.6. The number of alkyl halides is 3. The molecule has 1 rings (SSSR count). The largest absolute Gasteiger partial charge is 0.466 e. The number of esters is 1. The molecule has 17 heavy (non-hydrogen) atoms. The lowest BCUT2D eigenvalue weighted by Gasteiger charge is -2.04. The van der Waals surface area contributed by atoms with Gasteiger partial charge in [-0.3, -0.25) is 4.79 Å². The normalized spacial score (nSPS) is 27.8. The van der Waals surface area contributed by atoms with E-state index in [4.69, 9.17) is 16.3 Å². The van der Waals surface area contributed by atoms with Gasteiger partial charge in [0, 0.05) is 0 Å². The molecule has 0 amide bonds. The fraction of sp³-hybridized carbons (Fsp3) is 0.727. The van der Waals surface area contributed by atoms with Crippen LogP contribution in [0.15, 0.2) is 11.1 Å².